The Kier molecular flexibility index (Phi) is 3.66. The van der Waals surface area contributed by atoms with Crippen LogP contribution in [0.2, 0.25) is 0 Å². The van der Waals surface area contributed by atoms with Gasteiger partial charge in [-0.3, -0.25) is 4.79 Å². The SMILES string of the molecule is CCn1ccc2cc(C)nc(N3CCC(F)CC3)c2c1=O. The van der Waals surface area contributed by atoms with Crippen LogP contribution < -0.4 is 10.5 Å². The highest BCUT2D eigenvalue weighted by Crippen LogP contribution is 2.26. The van der Waals surface area contributed by atoms with E-state index in [0.29, 0.717) is 43.7 Å². The van der Waals surface area contributed by atoms with E-state index < -0.39 is 6.17 Å². The summed E-state index contributed by atoms with van der Waals surface area (Å²) >= 11 is 0. The van der Waals surface area contributed by atoms with Gasteiger partial charge in [-0.05, 0) is 44.2 Å². The van der Waals surface area contributed by atoms with Crippen molar-refractivity contribution in [3.63, 3.8) is 0 Å². The van der Waals surface area contributed by atoms with E-state index in [2.05, 4.69) is 4.98 Å². The first kappa shape index (κ1) is 14.0. The molecule has 0 amide bonds. The van der Waals surface area contributed by atoms with Crippen LogP contribution in [0, 0.1) is 6.92 Å². The monoisotopic (exact) mass is 289 g/mol. The molecular weight excluding hydrogens is 269 g/mol. The average Bonchev–Trinajstić information content (AvgIpc) is 2.47. The summed E-state index contributed by atoms with van der Waals surface area (Å²) in [5, 5.41) is 1.57. The summed E-state index contributed by atoms with van der Waals surface area (Å²) in [6.07, 6.45) is 2.10. The summed E-state index contributed by atoms with van der Waals surface area (Å²) in [6.45, 7) is 5.74. The Labute approximate surface area is 123 Å². The van der Waals surface area contributed by atoms with Crippen LogP contribution in [0.4, 0.5) is 10.2 Å². The van der Waals surface area contributed by atoms with E-state index in [0.717, 1.165) is 11.1 Å². The van der Waals surface area contributed by atoms with Gasteiger partial charge < -0.3 is 9.47 Å². The fourth-order valence-electron chi connectivity index (χ4n) is 2.95. The molecule has 0 saturated carbocycles. The van der Waals surface area contributed by atoms with E-state index in [4.69, 9.17) is 0 Å². The summed E-state index contributed by atoms with van der Waals surface area (Å²) in [4.78, 5) is 19.2. The summed E-state index contributed by atoms with van der Waals surface area (Å²) in [6, 6.07) is 3.89. The van der Waals surface area contributed by atoms with Gasteiger partial charge >= 0.3 is 0 Å². The molecule has 2 aromatic rings. The van der Waals surface area contributed by atoms with Gasteiger partial charge in [0.25, 0.3) is 5.56 Å². The van der Waals surface area contributed by atoms with Crippen molar-refractivity contribution in [2.75, 3.05) is 18.0 Å². The number of hydrogen-bond donors (Lipinski definition) is 0. The molecule has 5 heteroatoms. The number of pyridine rings is 2. The third-order valence-electron chi connectivity index (χ3n) is 4.13. The van der Waals surface area contributed by atoms with Crippen molar-refractivity contribution in [3.8, 4) is 0 Å². The number of piperidine rings is 1. The minimum atomic E-state index is -0.732. The third kappa shape index (κ3) is 2.52. The van der Waals surface area contributed by atoms with Crippen LogP contribution in [0.25, 0.3) is 10.8 Å². The zero-order chi connectivity index (χ0) is 15.0. The molecule has 0 N–H and O–H groups in total. The molecule has 1 saturated heterocycles. The summed E-state index contributed by atoms with van der Waals surface area (Å²) in [5.74, 6) is 0.713. The van der Waals surface area contributed by atoms with Gasteiger partial charge in [0.1, 0.15) is 12.0 Å². The van der Waals surface area contributed by atoms with Crippen molar-refractivity contribution < 1.29 is 4.39 Å². The van der Waals surface area contributed by atoms with Crippen LogP contribution in [0.5, 0.6) is 0 Å². The molecule has 1 aliphatic heterocycles. The molecule has 0 radical (unpaired) electrons. The molecule has 0 unspecified atom stereocenters. The van der Waals surface area contributed by atoms with Gasteiger partial charge in [-0.15, -0.1) is 0 Å². The highest BCUT2D eigenvalue weighted by molar-refractivity contribution is 5.91. The predicted octanol–water partition coefficient (Wildman–Crippen LogP) is 2.66. The lowest BCUT2D eigenvalue weighted by molar-refractivity contribution is 0.277. The molecule has 21 heavy (non-hydrogen) atoms. The highest BCUT2D eigenvalue weighted by Gasteiger charge is 2.22. The predicted molar refractivity (Wildman–Crippen MR) is 82.8 cm³/mol. The lowest BCUT2D eigenvalue weighted by Gasteiger charge is -2.30. The standard InChI is InChI=1S/C16H20FN3O/c1-3-19-7-4-12-10-11(2)18-15(14(12)16(19)21)20-8-5-13(17)6-9-20/h4,7,10,13H,3,5-6,8-9H2,1-2H3. The Morgan fingerprint density at radius 3 is 2.76 bits per heavy atom. The molecular formula is C16H20FN3O. The van der Waals surface area contributed by atoms with Crippen molar-refractivity contribution in [1.29, 1.82) is 0 Å². The highest BCUT2D eigenvalue weighted by atomic mass is 19.1. The van der Waals surface area contributed by atoms with Crippen LogP contribution in [0.1, 0.15) is 25.5 Å². The minimum absolute atomic E-state index is 0.0140. The normalized spacial score (nSPS) is 16.6. The van der Waals surface area contributed by atoms with Crippen LogP contribution in [-0.4, -0.2) is 28.8 Å². The number of rotatable bonds is 2. The van der Waals surface area contributed by atoms with E-state index in [-0.39, 0.29) is 5.56 Å². The Hall–Kier alpha value is -1.91. The molecule has 1 aliphatic rings. The van der Waals surface area contributed by atoms with Crippen molar-refractivity contribution in [3.05, 3.63) is 34.4 Å². The quantitative estimate of drug-likeness (QED) is 0.853. The van der Waals surface area contributed by atoms with Crippen molar-refractivity contribution >= 4 is 16.6 Å². The largest absolute Gasteiger partial charge is 0.356 e. The number of halogens is 1. The zero-order valence-corrected chi connectivity index (χ0v) is 12.5. The number of aromatic nitrogens is 2. The van der Waals surface area contributed by atoms with E-state index >= 15 is 0 Å². The van der Waals surface area contributed by atoms with Crippen molar-refractivity contribution in [1.82, 2.24) is 9.55 Å². The first-order valence-electron chi connectivity index (χ1n) is 7.50. The van der Waals surface area contributed by atoms with Crippen molar-refractivity contribution in [2.45, 2.75) is 39.4 Å². The number of hydrogen-bond acceptors (Lipinski definition) is 3. The van der Waals surface area contributed by atoms with Gasteiger partial charge in [-0.1, -0.05) is 0 Å². The number of fused-ring (bicyclic) bond motifs is 1. The Balaban J connectivity index is 2.18. The maximum atomic E-state index is 13.4. The van der Waals surface area contributed by atoms with Gasteiger partial charge in [-0.2, -0.15) is 0 Å². The van der Waals surface area contributed by atoms with Crippen LogP contribution in [0.3, 0.4) is 0 Å². The third-order valence-corrected chi connectivity index (χ3v) is 4.13. The molecule has 0 atom stereocenters. The van der Waals surface area contributed by atoms with E-state index in [9.17, 15) is 9.18 Å². The maximum Gasteiger partial charge on any atom is 0.262 e. The second-order valence-corrected chi connectivity index (χ2v) is 5.62. The molecule has 4 nitrogen and oxygen atoms in total. The van der Waals surface area contributed by atoms with Crippen LogP contribution in [0.15, 0.2) is 23.1 Å². The fourth-order valence-corrected chi connectivity index (χ4v) is 2.95. The molecule has 0 spiro atoms. The molecule has 3 rings (SSSR count). The topological polar surface area (TPSA) is 38.1 Å². The van der Waals surface area contributed by atoms with Crippen LogP contribution in [-0.2, 0) is 6.54 Å². The lowest BCUT2D eigenvalue weighted by atomic mass is 10.1. The lowest BCUT2D eigenvalue weighted by Crippen LogP contribution is -2.36. The smallest absolute Gasteiger partial charge is 0.262 e. The van der Waals surface area contributed by atoms with Gasteiger partial charge in [0.05, 0.1) is 5.39 Å². The van der Waals surface area contributed by atoms with Crippen molar-refractivity contribution in [2.24, 2.45) is 0 Å². The first-order chi connectivity index (χ1) is 10.1. The van der Waals surface area contributed by atoms with Gasteiger partial charge in [-0.25, -0.2) is 9.37 Å². The molecule has 3 heterocycles. The number of aryl methyl sites for hydroxylation is 2. The Morgan fingerprint density at radius 2 is 2.10 bits per heavy atom. The fraction of sp³-hybridized carbons (Fsp3) is 0.500. The molecule has 1 fully saturated rings. The van der Waals surface area contributed by atoms with Crippen LogP contribution >= 0.6 is 0 Å². The van der Waals surface area contributed by atoms with Gasteiger partial charge in [0.2, 0.25) is 0 Å². The summed E-state index contributed by atoms with van der Waals surface area (Å²) in [7, 11) is 0. The number of alkyl halides is 1. The zero-order valence-electron chi connectivity index (χ0n) is 12.5. The van der Waals surface area contributed by atoms with E-state index in [1.807, 2.05) is 37.1 Å². The average molecular weight is 289 g/mol. The second kappa shape index (κ2) is 5.47. The molecule has 0 aliphatic carbocycles. The van der Waals surface area contributed by atoms with Gasteiger partial charge in [0.15, 0.2) is 0 Å². The molecule has 0 aromatic carbocycles. The molecule has 2 aromatic heterocycles. The van der Waals surface area contributed by atoms with E-state index in [1.54, 1.807) is 4.57 Å². The molecule has 0 bridgehead atoms. The first-order valence-corrected chi connectivity index (χ1v) is 7.50. The minimum Gasteiger partial charge on any atom is -0.356 e. The Bertz CT molecular complexity index is 717. The summed E-state index contributed by atoms with van der Waals surface area (Å²) < 4.78 is 15.0. The number of anilines is 1. The van der Waals surface area contributed by atoms with Gasteiger partial charge in [0, 0.05) is 31.5 Å². The second-order valence-electron chi connectivity index (χ2n) is 5.62. The summed E-state index contributed by atoms with van der Waals surface area (Å²) in [5.41, 5.74) is 0.869. The number of nitrogens with zero attached hydrogens (tertiary/aromatic N) is 3. The van der Waals surface area contributed by atoms with E-state index in [1.165, 1.54) is 0 Å². The maximum absolute atomic E-state index is 13.4. The molecule has 112 valence electrons. The Morgan fingerprint density at radius 1 is 1.38 bits per heavy atom.